The monoisotopic (exact) mass is 337 g/mol. The van der Waals surface area contributed by atoms with E-state index in [9.17, 15) is 19.2 Å². The summed E-state index contributed by atoms with van der Waals surface area (Å²) in [5.41, 5.74) is 0.736. The van der Waals surface area contributed by atoms with E-state index in [0.717, 1.165) is 0 Å². The third kappa shape index (κ3) is 2.82. The van der Waals surface area contributed by atoms with E-state index in [1.165, 1.54) is 23.1 Å². The Kier molecular flexibility index (Phi) is 4.19. The first kappa shape index (κ1) is 16.6. The molecule has 0 saturated heterocycles. The topological polar surface area (TPSA) is 80.8 Å². The number of amides is 1. The molecule has 0 N–H and O–H groups in total. The highest BCUT2D eigenvalue weighted by Gasteiger charge is 2.33. The second-order valence-electron chi connectivity index (χ2n) is 5.80. The molecule has 2 aromatic rings. The normalized spacial score (nSPS) is 12.2. The summed E-state index contributed by atoms with van der Waals surface area (Å²) in [6, 6.07) is 10.9. The van der Waals surface area contributed by atoms with Crippen molar-refractivity contribution in [3.8, 4) is 0 Å². The third-order valence-corrected chi connectivity index (χ3v) is 4.00. The van der Waals surface area contributed by atoms with E-state index in [0.29, 0.717) is 5.56 Å². The van der Waals surface area contributed by atoms with Crippen LogP contribution in [0.25, 0.3) is 0 Å². The van der Waals surface area contributed by atoms with Gasteiger partial charge in [0, 0.05) is 36.3 Å². The van der Waals surface area contributed by atoms with Crippen LogP contribution < -0.4 is 0 Å². The number of hydrogen-bond donors (Lipinski definition) is 0. The molecule has 0 radical (unpaired) electrons. The predicted octanol–water partition coefficient (Wildman–Crippen LogP) is 1.71. The zero-order valence-corrected chi connectivity index (χ0v) is 13.7. The summed E-state index contributed by atoms with van der Waals surface area (Å²) < 4.78 is 5.00. The van der Waals surface area contributed by atoms with Crippen LogP contribution in [0, 0.1) is 0 Å². The van der Waals surface area contributed by atoms with Gasteiger partial charge in [-0.1, -0.05) is 36.4 Å². The van der Waals surface area contributed by atoms with E-state index in [1.807, 2.05) is 0 Å². The maximum Gasteiger partial charge on any atom is 0.339 e. The van der Waals surface area contributed by atoms with Gasteiger partial charge in [-0.2, -0.15) is 0 Å². The summed E-state index contributed by atoms with van der Waals surface area (Å²) in [7, 11) is 3.08. The van der Waals surface area contributed by atoms with Crippen LogP contribution in [0.3, 0.4) is 0 Å². The van der Waals surface area contributed by atoms with Crippen molar-refractivity contribution in [3.05, 3.63) is 70.3 Å². The largest absolute Gasteiger partial charge is 0.452 e. The van der Waals surface area contributed by atoms with Crippen LogP contribution in [0.4, 0.5) is 0 Å². The van der Waals surface area contributed by atoms with Gasteiger partial charge in [0.25, 0.3) is 5.91 Å². The van der Waals surface area contributed by atoms with Crippen LogP contribution in [0.1, 0.15) is 42.2 Å². The lowest BCUT2D eigenvalue weighted by atomic mass is 9.82. The van der Waals surface area contributed by atoms with Gasteiger partial charge < -0.3 is 9.64 Å². The second kappa shape index (κ2) is 6.32. The standard InChI is InChI=1S/C19H15NO5/c1-20(2)15(21)10-25-19(24)14-9-5-8-13-16(14)18(23)12-7-4-3-6-11(12)17(13)22/h3-9H,10H2,1-2H3. The van der Waals surface area contributed by atoms with E-state index in [-0.39, 0.29) is 33.9 Å². The Bertz CT molecular complexity index is 914. The number of likely N-dealkylation sites (N-methyl/N-ethyl adjacent to an activating group) is 1. The minimum absolute atomic E-state index is 0.0168. The number of nitrogens with zero attached hydrogens (tertiary/aromatic N) is 1. The van der Waals surface area contributed by atoms with Crippen molar-refractivity contribution in [1.82, 2.24) is 4.90 Å². The molecule has 0 spiro atoms. The van der Waals surface area contributed by atoms with E-state index in [2.05, 4.69) is 0 Å². The van der Waals surface area contributed by atoms with Gasteiger partial charge in [0.1, 0.15) is 0 Å². The van der Waals surface area contributed by atoms with E-state index in [1.54, 1.807) is 38.4 Å². The second-order valence-corrected chi connectivity index (χ2v) is 5.80. The molecule has 1 amide bonds. The molecule has 6 nitrogen and oxygen atoms in total. The van der Waals surface area contributed by atoms with Crippen LogP contribution in [0.5, 0.6) is 0 Å². The maximum atomic E-state index is 12.8. The number of benzene rings is 2. The lowest BCUT2D eigenvalue weighted by molar-refractivity contribution is -0.131. The first-order chi connectivity index (χ1) is 11.9. The molecule has 126 valence electrons. The number of fused-ring (bicyclic) bond motifs is 2. The van der Waals surface area contributed by atoms with Crippen molar-refractivity contribution in [2.24, 2.45) is 0 Å². The Morgan fingerprint density at radius 2 is 1.48 bits per heavy atom. The van der Waals surface area contributed by atoms with Gasteiger partial charge in [-0.3, -0.25) is 14.4 Å². The fourth-order valence-corrected chi connectivity index (χ4v) is 2.65. The molecule has 0 atom stereocenters. The molecule has 0 aliphatic heterocycles. The van der Waals surface area contributed by atoms with Crippen molar-refractivity contribution >= 4 is 23.4 Å². The molecule has 0 unspecified atom stereocenters. The van der Waals surface area contributed by atoms with E-state index in [4.69, 9.17) is 4.74 Å². The van der Waals surface area contributed by atoms with Gasteiger partial charge in [0.15, 0.2) is 18.2 Å². The number of carbonyl (C=O) groups excluding carboxylic acids is 4. The molecule has 2 aromatic carbocycles. The molecule has 25 heavy (non-hydrogen) atoms. The lowest BCUT2D eigenvalue weighted by Crippen LogP contribution is -2.29. The summed E-state index contributed by atoms with van der Waals surface area (Å²) in [5.74, 6) is -1.92. The van der Waals surface area contributed by atoms with Crippen LogP contribution in [0.15, 0.2) is 42.5 Å². The number of ether oxygens (including phenoxy) is 1. The van der Waals surface area contributed by atoms with Gasteiger partial charge in [0.2, 0.25) is 0 Å². The Hall–Kier alpha value is -3.28. The Morgan fingerprint density at radius 1 is 0.880 bits per heavy atom. The van der Waals surface area contributed by atoms with Crippen LogP contribution in [-0.4, -0.2) is 49.0 Å². The molecule has 1 aliphatic carbocycles. The zero-order chi connectivity index (χ0) is 18.1. The van der Waals surface area contributed by atoms with E-state index >= 15 is 0 Å². The molecule has 0 bridgehead atoms. The average molecular weight is 337 g/mol. The first-order valence-corrected chi connectivity index (χ1v) is 7.60. The molecular formula is C19H15NO5. The number of esters is 1. The summed E-state index contributed by atoms with van der Waals surface area (Å²) >= 11 is 0. The summed E-state index contributed by atoms with van der Waals surface area (Å²) in [4.78, 5) is 50.6. The van der Waals surface area contributed by atoms with Crippen molar-refractivity contribution in [3.63, 3.8) is 0 Å². The molecule has 0 saturated carbocycles. The van der Waals surface area contributed by atoms with Crippen LogP contribution in [0.2, 0.25) is 0 Å². The van der Waals surface area contributed by atoms with Gasteiger partial charge >= 0.3 is 5.97 Å². The Balaban J connectivity index is 2.00. The summed E-state index contributed by atoms with van der Waals surface area (Å²) in [6.45, 7) is -0.436. The van der Waals surface area contributed by atoms with Crippen LogP contribution in [-0.2, 0) is 9.53 Å². The predicted molar refractivity (Wildman–Crippen MR) is 88.7 cm³/mol. The van der Waals surface area contributed by atoms with E-state index < -0.39 is 18.4 Å². The molecular weight excluding hydrogens is 322 g/mol. The Morgan fingerprint density at radius 3 is 2.12 bits per heavy atom. The number of rotatable bonds is 3. The number of ketones is 2. The maximum absolute atomic E-state index is 12.8. The fraction of sp³-hybridized carbons (Fsp3) is 0.158. The Labute approximate surface area is 144 Å². The first-order valence-electron chi connectivity index (χ1n) is 7.60. The third-order valence-electron chi connectivity index (χ3n) is 4.00. The van der Waals surface area contributed by atoms with Crippen LogP contribution >= 0.6 is 0 Å². The summed E-state index contributed by atoms with van der Waals surface area (Å²) in [5, 5.41) is 0. The quantitative estimate of drug-likeness (QED) is 0.680. The van der Waals surface area contributed by atoms with Crippen molar-refractivity contribution in [2.75, 3.05) is 20.7 Å². The number of hydrogen-bond acceptors (Lipinski definition) is 5. The highest BCUT2D eigenvalue weighted by molar-refractivity contribution is 6.30. The summed E-state index contributed by atoms with van der Waals surface area (Å²) in [6.07, 6.45) is 0. The highest BCUT2D eigenvalue weighted by atomic mass is 16.5. The molecule has 0 aromatic heterocycles. The molecule has 6 heteroatoms. The molecule has 0 heterocycles. The van der Waals surface area contributed by atoms with Crippen molar-refractivity contribution in [2.45, 2.75) is 0 Å². The highest BCUT2D eigenvalue weighted by Crippen LogP contribution is 2.29. The van der Waals surface area contributed by atoms with Gasteiger partial charge in [0.05, 0.1) is 5.56 Å². The SMILES string of the molecule is CN(C)C(=O)COC(=O)c1cccc2c1C(=O)c1ccccc1C2=O. The minimum Gasteiger partial charge on any atom is -0.452 e. The fourth-order valence-electron chi connectivity index (χ4n) is 2.65. The van der Waals surface area contributed by atoms with Crippen molar-refractivity contribution in [1.29, 1.82) is 0 Å². The van der Waals surface area contributed by atoms with Crippen molar-refractivity contribution < 1.29 is 23.9 Å². The van der Waals surface area contributed by atoms with Gasteiger partial charge in [-0.25, -0.2) is 4.79 Å². The average Bonchev–Trinajstić information content (AvgIpc) is 2.63. The minimum atomic E-state index is -0.812. The zero-order valence-electron chi connectivity index (χ0n) is 13.7. The lowest BCUT2D eigenvalue weighted by Gasteiger charge is -2.19. The smallest absolute Gasteiger partial charge is 0.339 e. The van der Waals surface area contributed by atoms with Gasteiger partial charge in [-0.05, 0) is 6.07 Å². The molecule has 3 rings (SSSR count). The molecule has 0 fully saturated rings. The molecule has 1 aliphatic rings. The number of carbonyl (C=O) groups is 4. The van der Waals surface area contributed by atoms with Gasteiger partial charge in [-0.15, -0.1) is 0 Å².